The minimum atomic E-state index is -0.898. The number of halogens is 2. The summed E-state index contributed by atoms with van der Waals surface area (Å²) in [5.74, 6) is -1.92. The second-order valence-corrected chi connectivity index (χ2v) is 7.79. The van der Waals surface area contributed by atoms with Crippen LogP contribution in [0.25, 0.3) is 11.3 Å². The molecule has 0 aliphatic carbocycles. The van der Waals surface area contributed by atoms with Crippen LogP contribution in [0.4, 0.5) is 8.78 Å². The smallest absolute Gasteiger partial charge is 0.251 e. The fourth-order valence-corrected chi connectivity index (χ4v) is 3.61. The summed E-state index contributed by atoms with van der Waals surface area (Å²) >= 11 is 0. The van der Waals surface area contributed by atoms with Gasteiger partial charge in [-0.1, -0.05) is 23.4 Å². The number of hydrogen-bond donors (Lipinski definition) is 1. The normalized spacial score (nSPS) is 14.5. The first kappa shape index (κ1) is 22.0. The highest BCUT2D eigenvalue weighted by Gasteiger charge is 2.14. The standard InChI is InChI=1S/C23H25F2N5O2/c1-16-2-4-18(13-19(16)23(31)26-6-7-29-8-10-32-11-9-29)22-15-30(28-27-22)14-17-3-5-20(24)21(25)12-17/h2-5,12-13,15H,6-11,14H2,1H3,(H,26,31). The van der Waals surface area contributed by atoms with Crippen LogP contribution in [-0.4, -0.2) is 65.2 Å². The Morgan fingerprint density at radius 3 is 2.72 bits per heavy atom. The quantitative estimate of drug-likeness (QED) is 0.610. The first-order valence-corrected chi connectivity index (χ1v) is 10.5. The summed E-state index contributed by atoms with van der Waals surface area (Å²) in [4.78, 5) is 15.0. The molecule has 32 heavy (non-hydrogen) atoms. The molecule has 1 aliphatic heterocycles. The number of morpholine rings is 1. The van der Waals surface area contributed by atoms with E-state index in [1.807, 2.05) is 19.1 Å². The SMILES string of the molecule is Cc1ccc(-c2cn(Cc3ccc(F)c(F)c3)nn2)cc1C(=O)NCCN1CCOCC1. The third-order valence-electron chi connectivity index (χ3n) is 5.46. The number of aromatic nitrogens is 3. The zero-order valence-corrected chi connectivity index (χ0v) is 17.9. The molecule has 1 saturated heterocycles. The predicted octanol–water partition coefficient (Wildman–Crippen LogP) is 2.64. The summed E-state index contributed by atoms with van der Waals surface area (Å²) in [6.45, 7) is 6.71. The molecule has 0 saturated carbocycles. The van der Waals surface area contributed by atoms with Gasteiger partial charge < -0.3 is 10.1 Å². The van der Waals surface area contributed by atoms with E-state index in [1.165, 1.54) is 6.07 Å². The van der Waals surface area contributed by atoms with E-state index in [0.717, 1.165) is 56.1 Å². The molecule has 1 aromatic heterocycles. The van der Waals surface area contributed by atoms with Crippen molar-refractivity contribution in [3.05, 3.63) is 70.9 Å². The number of aryl methyl sites for hydroxylation is 1. The zero-order valence-electron chi connectivity index (χ0n) is 17.9. The Kier molecular flexibility index (Phi) is 6.87. The van der Waals surface area contributed by atoms with E-state index >= 15 is 0 Å². The van der Waals surface area contributed by atoms with Crippen LogP contribution in [0.5, 0.6) is 0 Å². The minimum absolute atomic E-state index is 0.133. The van der Waals surface area contributed by atoms with E-state index in [-0.39, 0.29) is 12.5 Å². The van der Waals surface area contributed by atoms with E-state index in [1.54, 1.807) is 16.9 Å². The van der Waals surface area contributed by atoms with Crippen molar-refractivity contribution >= 4 is 5.91 Å². The van der Waals surface area contributed by atoms with E-state index < -0.39 is 11.6 Å². The van der Waals surface area contributed by atoms with E-state index in [2.05, 4.69) is 20.5 Å². The van der Waals surface area contributed by atoms with Crippen molar-refractivity contribution < 1.29 is 18.3 Å². The number of amides is 1. The van der Waals surface area contributed by atoms with Gasteiger partial charge in [0.05, 0.1) is 26.0 Å². The van der Waals surface area contributed by atoms with E-state index in [9.17, 15) is 13.6 Å². The highest BCUT2D eigenvalue weighted by Crippen LogP contribution is 2.21. The lowest BCUT2D eigenvalue weighted by molar-refractivity contribution is 0.0383. The van der Waals surface area contributed by atoms with Crippen LogP contribution >= 0.6 is 0 Å². The Hall–Kier alpha value is -3.17. The van der Waals surface area contributed by atoms with Gasteiger partial charge in [-0.3, -0.25) is 9.69 Å². The van der Waals surface area contributed by atoms with Gasteiger partial charge in [-0.15, -0.1) is 5.10 Å². The van der Waals surface area contributed by atoms with Crippen molar-refractivity contribution in [1.82, 2.24) is 25.2 Å². The molecule has 1 amide bonds. The van der Waals surface area contributed by atoms with Gasteiger partial charge in [-0.05, 0) is 36.2 Å². The fourth-order valence-electron chi connectivity index (χ4n) is 3.61. The number of carbonyl (C=O) groups excluding carboxylic acids is 1. The Balaban J connectivity index is 1.41. The van der Waals surface area contributed by atoms with Gasteiger partial charge in [-0.2, -0.15) is 0 Å². The third kappa shape index (κ3) is 5.35. The van der Waals surface area contributed by atoms with Crippen LogP contribution in [0.3, 0.4) is 0 Å². The zero-order chi connectivity index (χ0) is 22.5. The average Bonchev–Trinajstić information content (AvgIpc) is 3.26. The largest absolute Gasteiger partial charge is 0.379 e. The molecule has 168 valence electrons. The van der Waals surface area contributed by atoms with Crippen LogP contribution in [0, 0.1) is 18.6 Å². The molecule has 0 unspecified atom stereocenters. The second kappa shape index (κ2) is 9.97. The molecule has 7 nitrogen and oxygen atoms in total. The highest BCUT2D eigenvalue weighted by molar-refractivity contribution is 5.96. The van der Waals surface area contributed by atoms with Gasteiger partial charge >= 0.3 is 0 Å². The highest BCUT2D eigenvalue weighted by atomic mass is 19.2. The van der Waals surface area contributed by atoms with Crippen LogP contribution in [0.1, 0.15) is 21.5 Å². The molecule has 0 radical (unpaired) electrons. The molecule has 1 N–H and O–H groups in total. The first-order valence-electron chi connectivity index (χ1n) is 10.5. The number of hydrogen-bond acceptors (Lipinski definition) is 5. The molecule has 0 bridgehead atoms. The second-order valence-electron chi connectivity index (χ2n) is 7.79. The summed E-state index contributed by atoms with van der Waals surface area (Å²) in [7, 11) is 0. The van der Waals surface area contributed by atoms with Crippen molar-refractivity contribution in [2.75, 3.05) is 39.4 Å². The van der Waals surface area contributed by atoms with E-state index in [4.69, 9.17) is 4.74 Å². The summed E-state index contributed by atoms with van der Waals surface area (Å²) in [5, 5.41) is 11.2. The van der Waals surface area contributed by atoms with E-state index in [0.29, 0.717) is 23.4 Å². The van der Waals surface area contributed by atoms with Gasteiger partial charge in [0.2, 0.25) is 0 Å². The average molecular weight is 441 g/mol. The molecule has 1 fully saturated rings. The van der Waals surface area contributed by atoms with Crippen LogP contribution in [-0.2, 0) is 11.3 Å². The topological polar surface area (TPSA) is 72.3 Å². The van der Waals surface area contributed by atoms with Crippen molar-refractivity contribution in [2.45, 2.75) is 13.5 Å². The lowest BCUT2D eigenvalue weighted by Crippen LogP contribution is -2.41. The summed E-state index contributed by atoms with van der Waals surface area (Å²) < 4.78 is 33.4. The summed E-state index contributed by atoms with van der Waals surface area (Å²) in [6.07, 6.45) is 1.71. The number of benzene rings is 2. The van der Waals surface area contributed by atoms with Gasteiger partial charge in [0, 0.05) is 37.3 Å². The van der Waals surface area contributed by atoms with Crippen molar-refractivity contribution in [3.63, 3.8) is 0 Å². The minimum Gasteiger partial charge on any atom is -0.379 e. The maximum atomic E-state index is 13.4. The number of rotatable bonds is 7. The Morgan fingerprint density at radius 1 is 1.12 bits per heavy atom. The number of nitrogens with zero attached hydrogens (tertiary/aromatic N) is 4. The lowest BCUT2D eigenvalue weighted by atomic mass is 10.0. The molecule has 3 aromatic rings. The molecule has 0 spiro atoms. The monoisotopic (exact) mass is 441 g/mol. The Labute approximate surface area is 185 Å². The summed E-state index contributed by atoms with van der Waals surface area (Å²) in [6, 6.07) is 9.29. The Bertz CT molecular complexity index is 1100. The molecule has 2 heterocycles. The fraction of sp³-hybridized carbons (Fsp3) is 0.348. The number of carbonyl (C=O) groups is 1. The molecular weight excluding hydrogens is 416 g/mol. The maximum absolute atomic E-state index is 13.4. The van der Waals surface area contributed by atoms with Crippen molar-refractivity contribution in [2.24, 2.45) is 0 Å². The number of ether oxygens (including phenoxy) is 1. The molecule has 4 rings (SSSR count). The maximum Gasteiger partial charge on any atom is 0.251 e. The van der Waals surface area contributed by atoms with Gasteiger partial charge in [0.15, 0.2) is 11.6 Å². The molecular formula is C23H25F2N5O2. The lowest BCUT2D eigenvalue weighted by Gasteiger charge is -2.26. The predicted molar refractivity (Wildman–Crippen MR) is 115 cm³/mol. The van der Waals surface area contributed by atoms with Gasteiger partial charge in [0.1, 0.15) is 5.69 Å². The summed E-state index contributed by atoms with van der Waals surface area (Å²) in [5.41, 5.74) is 3.37. The molecule has 9 heteroatoms. The Morgan fingerprint density at radius 2 is 1.94 bits per heavy atom. The molecule has 1 aliphatic rings. The first-order chi connectivity index (χ1) is 15.5. The van der Waals surface area contributed by atoms with Crippen molar-refractivity contribution in [1.29, 1.82) is 0 Å². The van der Waals surface area contributed by atoms with Gasteiger partial charge in [-0.25, -0.2) is 13.5 Å². The number of nitrogens with one attached hydrogen (secondary N) is 1. The molecule has 2 aromatic carbocycles. The van der Waals surface area contributed by atoms with Crippen LogP contribution in [0.2, 0.25) is 0 Å². The van der Waals surface area contributed by atoms with Crippen LogP contribution < -0.4 is 5.32 Å². The van der Waals surface area contributed by atoms with Crippen LogP contribution in [0.15, 0.2) is 42.6 Å². The van der Waals surface area contributed by atoms with Crippen molar-refractivity contribution in [3.8, 4) is 11.3 Å². The molecule has 0 atom stereocenters. The third-order valence-corrected chi connectivity index (χ3v) is 5.46. The van der Waals surface area contributed by atoms with Gasteiger partial charge in [0.25, 0.3) is 5.91 Å².